The van der Waals surface area contributed by atoms with E-state index in [0.717, 1.165) is 17.8 Å². The minimum Gasteiger partial charge on any atom is -0.0679 e. The fourth-order valence-electron chi connectivity index (χ4n) is 3.37. The van der Waals surface area contributed by atoms with Gasteiger partial charge in [0.05, 0.1) is 0 Å². The third-order valence-electron chi connectivity index (χ3n) is 4.16. The van der Waals surface area contributed by atoms with E-state index < -0.39 is 0 Å². The Balaban J connectivity index is 2.93. The van der Waals surface area contributed by atoms with Crippen LogP contribution in [-0.4, -0.2) is 0 Å². The molecular formula is C15H28. The Morgan fingerprint density at radius 2 is 1.73 bits per heavy atom. The Kier molecular flexibility index (Phi) is 4.89. The van der Waals surface area contributed by atoms with E-state index in [2.05, 4.69) is 34.6 Å². The molecular weight excluding hydrogens is 180 g/mol. The summed E-state index contributed by atoms with van der Waals surface area (Å²) < 4.78 is 0. The molecule has 0 bridgehead atoms. The van der Waals surface area contributed by atoms with Crippen LogP contribution in [0.25, 0.3) is 0 Å². The highest BCUT2D eigenvalue weighted by Gasteiger charge is 2.26. The third-order valence-corrected chi connectivity index (χ3v) is 4.16. The van der Waals surface area contributed by atoms with Crippen molar-refractivity contribution in [2.45, 2.75) is 66.7 Å². The molecule has 3 unspecified atom stereocenters. The average Bonchev–Trinajstić information content (AvgIpc) is 2.21. The molecule has 0 saturated heterocycles. The second-order valence-corrected chi connectivity index (χ2v) is 5.40. The fraction of sp³-hybridized carbons (Fsp3) is 0.867. The van der Waals surface area contributed by atoms with E-state index in [0.29, 0.717) is 0 Å². The maximum atomic E-state index is 2.43. The van der Waals surface area contributed by atoms with E-state index >= 15 is 0 Å². The van der Waals surface area contributed by atoms with Crippen molar-refractivity contribution in [1.29, 1.82) is 0 Å². The number of allylic oxidation sites excluding steroid dienone is 2. The summed E-state index contributed by atoms with van der Waals surface area (Å²) in [4.78, 5) is 0. The Bertz CT molecular complexity index is 224. The van der Waals surface area contributed by atoms with Crippen molar-refractivity contribution in [3.05, 3.63) is 11.1 Å². The van der Waals surface area contributed by atoms with E-state index in [9.17, 15) is 0 Å². The summed E-state index contributed by atoms with van der Waals surface area (Å²) in [5.74, 6) is 2.51. The average molecular weight is 208 g/mol. The molecule has 0 aliphatic heterocycles. The molecule has 1 rings (SSSR count). The van der Waals surface area contributed by atoms with Crippen molar-refractivity contribution in [3.8, 4) is 0 Å². The van der Waals surface area contributed by atoms with Gasteiger partial charge in [0, 0.05) is 0 Å². The highest BCUT2D eigenvalue weighted by molar-refractivity contribution is 5.23. The Morgan fingerprint density at radius 3 is 2.27 bits per heavy atom. The maximum Gasteiger partial charge on any atom is -0.0226 e. The van der Waals surface area contributed by atoms with Crippen LogP contribution < -0.4 is 0 Å². The summed E-state index contributed by atoms with van der Waals surface area (Å²) in [7, 11) is 0. The minimum atomic E-state index is 0.822. The van der Waals surface area contributed by atoms with Crippen LogP contribution in [0, 0.1) is 17.8 Å². The van der Waals surface area contributed by atoms with Gasteiger partial charge in [-0.15, -0.1) is 0 Å². The molecule has 1 aliphatic carbocycles. The number of hydrogen-bond donors (Lipinski definition) is 0. The topological polar surface area (TPSA) is 0 Å². The molecule has 0 radical (unpaired) electrons. The van der Waals surface area contributed by atoms with E-state index in [4.69, 9.17) is 0 Å². The van der Waals surface area contributed by atoms with Gasteiger partial charge in [-0.05, 0) is 43.4 Å². The summed E-state index contributed by atoms with van der Waals surface area (Å²) in [6.45, 7) is 11.9. The van der Waals surface area contributed by atoms with Gasteiger partial charge in [-0.1, -0.05) is 52.2 Å². The Hall–Kier alpha value is -0.260. The second-order valence-electron chi connectivity index (χ2n) is 5.40. The van der Waals surface area contributed by atoms with Crippen LogP contribution in [0.3, 0.4) is 0 Å². The van der Waals surface area contributed by atoms with E-state index in [1.807, 2.05) is 5.57 Å². The first-order chi connectivity index (χ1) is 7.11. The van der Waals surface area contributed by atoms with Crippen molar-refractivity contribution in [2.75, 3.05) is 0 Å². The minimum absolute atomic E-state index is 0.822. The highest BCUT2D eigenvalue weighted by Crippen LogP contribution is 2.40. The quantitative estimate of drug-likeness (QED) is 0.557. The monoisotopic (exact) mass is 208 g/mol. The van der Waals surface area contributed by atoms with Crippen molar-refractivity contribution in [2.24, 2.45) is 17.8 Å². The summed E-state index contributed by atoms with van der Waals surface area (Å²) in [5, 5.41) is 0. The molecule has 0 heterocycles. The molecule has 15 heavy (non-hydrogen) atoms. The first-order valence-electron chi connectivity index (χ1n) is 6.84. The standard InChI is InChI=1S/C15H28/c1-6-8-12(4)15-13(5)10-9-11(3)14(15)7-2/h11-13H,6-10H2,1-5H3. The zero-order valence-electron chi connectivity index (χ0n) is 11.3. The molecule has 0 aromatic rings. The number of hydrogen-bond acceptors (Lipinski definition) is 0. The van der Waals surface area contributed by atoms with Crippen LogP contribution in [0.2, 0.25) is 0 Å². The molecule has 0 heteroatoms. The molecule has 0 saturated carbocycles. The molecule has 1 aliphatic rings. The van der Waals surface area contributed by atoms with Crippen LogP contribution in [0.4, 0.5) is 0 Å². The first-order valence-corrected chi connectivity index (χ1v) is 6.84. The first kappa shape index (κ1) is 12.8. The largest absolute Gasteiger partial charge is 0.0679 e. The van der Waals surface area contributed by atoms with Crippen molar-refractivity contribution >= 4 is 0 Å². The van der Waals surface area contributed by atoms with Crippen LogP contribution in [0.1, 0.15) is 66.7 Å². The van der Waals surface area contributed by atoms with Crippen molar-refractivity contribution < 1.29 is 0 Å². The molecule has 0 aromatic heterocycles. The van der Waals surface area contributed by atoms with Crippen LogP contribution in [-0.2, 0) is 0 Å². The second kappa shape index (κ2) is 5.72. The van der Waals surface area contributed by atoms with E-state index in [1.54, 1.807) is 5.57 Å². The molecule has 0 amide bonds. The highest BCUT2D eigenvalue weighted by atomic mass is 14.3. The van der Waals surface area contributed by atoms with Gasteiger partial charge in [-0.2, -0.15) is 0 Å². The summed E-state index contributed by atoms with van der Waals surface area (Å²) in [6, 6.07) is 0. The van der Waals surface area contributed by atoms with Crippen molar-refractivity contribution in [1.82, 2.24) is 0 Å². The molecule has 0 fully saturated rings. The molecule has 3 atom stereocenters. The van der Waals surface area contributed by atoms with Gasteiger partial charge >= 0.3 is 0 Å². The molecule has 88 valence electrons. The molecule has 0 nitrogen and oxygen atoms in total. The molecule has 0 aromatic carbocycles. The predicted molar refractivity (Wildman–Crippen MR) is 69.0 cm³/mol. The lowest BCUT2D eigenvalue weighted by Gasteiger charge is -2.34. The smallest absolute Gasteiger partial charge is 0.0226 e. The van der Waals surface area contributed by atoms with Crippen LogP contribution in [0.15, 0.2) is 11.1 Å². The lowest BCUT2D eigenvalue weighted by Crippen LogP contribution is -2.20. The van der Waals surface area contributed by atoms with Gasteiger partial charge in [-0.3, -0.25) is 0 Å². The zero-order chi connectivity index (χ0) is 11.4. The molecule has 0 N–H and O–H groups in total. The fourth-order valence-corrected chi connectivity index (χ4v) is 3.37. The number of rotatable bonds is 4. The van der Waals surface area contributed by atoms with Crippen LogP contribution in [0.5, 0.6) is 0 Å². The maximum absolute atomic E-state index is 2.43. The zero-order valence-corrected chi connectivity index (χ0v) is 11.3. The Morgan fingerprint density at radius 1 is 1.13 bits per heavy atom. The SMILES string of the molecule is CCCC(C)C1=C(CC)C(C)CCC1C. The van der Waals surface area contributed by atoms with E-state index in [-0.39, 0.29) is 0 Å². The van der Waals surface area contributed by atoms with Gasteiger partial charge in [0.2, 0.25) is 0 Å². The van der Waals surface area contributed by atoms with Gasteiger partial charge in [0.1, 0.15) is 0 Å². The van der Waals surface area contributed by atoms with Gasteiger partial charge in [-0.25, -0.2) is 0 Å². The summed E-state index contributed by atoms with van der Waals surface area (Å²) in [6.07, 6.45) is 6.79. The molecule has 0 spiro atoms. The summed E-state index contributed by atoms with van der Waals surface area (Å²) >= 11 is 0. The van der Waals surface area contributed by atoms with Gasteiger partial charge in [0.15, 0.2) is 0 Å². The predicted octanol–water partition coefficient (Wildman–Crippen LogP) is 5.20. The summed E-state index contributed by atoms with van der Waals surface area (Å²) in [5.41, 5.74) is 3.60. The lowest BCUT2D eigenvalue weighted by atomic mass is 9.72. The van der Waals surface area contributed by atoms with Crippen LogP contribution >= 0.6 is 0 Å². The third kappa shape index (κ3) is 2.86. The normalized spacial score (nSPS) is 29.4. The van der Waals surface area contributed by atoms with Crippen molar-refractivity contribution in [3.63, 3.8) is 0 Å². The Labute approximate surface area is 96.2 Å². The lowest BCUT2D eigenvalue weighted by molar-refractivity contribution is 0.397. The van der Waals surface area contributed by atoms with Gasteiger partial charge < -0.3 is 0 Å². The van der Waals surface area contributed by atoms with E-state index in [1.165, 1.54) is 32.1 Å². The van der Waals surface area contributed by atoms with Gasteiger partial charge in [0.25, 0.3) is 0 Å².